The molecule has 0 radical (unpaired) electrons. The Morgan fingerprint density at radius 1 is 1.13 bits per heavy atom. The Kier molecular flexibility index (Phi) is 20.8. The van der Waals surface area contributed by atoms with E-state index >= 15 is 0 Å². The maximum atomic E-state index is 12.6. The Morgan fingerprint density at radius 3 is 2.21 bits per heavy atom. The number of carbonyl (C=O) groups excluding carboxylic acids is 3. The van der Waals surface area contributed by atoms with Gasteiger partial charge in [0.1, 0.15) is 13.6 Å². The van der Waals surface area contributed by atoms with Crippen LogP contribution in [-0.4, -0.2) is 37.8 Å². The van der Waals surface area contributed by atoms with E-state index in [2.05, 4.69) is 18.3 Å². The summed E-state index contributed by atoms with van der Waals surface area (Å²) in [6.07, 6.45) is 0. The Labute approximate surface area is 270 Å². The van der Waals surface area contributed by atoms with Crippen molar-refractivity contribution in [2.24, 2.45) is 0 Å². The van der Waals surface area contributed by atoms with E-state index in [1.54, 1.807) is 24.3 Å². The zero-order valence-electron chi connectivity index (χ0n) is 21.7. The van der Waals surface area contributed by atoms with Crippen molar-refractivity contribution in [3.63, 3.8) is 0 Å². The first kappa shape index (κ1) is 38.0. The number of rotatable bonds is 7. The molecule has 0 saturated heterocycles. The van der Waals surface area contributed by atoms with Crippen molar-refractivity contribution in [1.82, 2.24) is 0 Å². The first-order chi connectivity index (χ1) is 17.7. The van der Waals surface area contributed by atoms with Crippen molar-refractivity contribution < 1.29 is 84.4 Å². The van der Waals surface area contributed by atoms with E-state index in [-0.39, 0.29) is 74.5 Å². The number of halogens is 3. The smallest absolute Gasteiger partial charge is 0.551 e. The molecule has 0 aliphatic heterocycles. The molecule has 1 amide bonds. The minimum Gasteiger partial charge on any atom is -0.551 e. The zero-order valence-corrected chi connectivity index (χ0v) is 25.6. The van der Waals surface area contributed by atoms with Crippen LogP contribution in [0.25, 0.3) is 0 Å². The Morgan fingerprint density at radius 2 is 1.74 bits per heavy atom. The van der Waals surface area contributed by atoms with Crippen molar-refractivity contribution in [3.8, 4) is 5.75 Å². The fourth-order valence-electron chi connectivity index (χ4n) is 2.93. The van der Waals surface area contributed by atoms with Crippen molar-refractivity contribution >= 4 is 36.8 Å². The second-order valence-electron chi connectivity index (χ2n) is 7.17. The molecule has 200 valence electrons. The molecule has 6 nitrogen and oxygen atoms in total. The average Bonchev–Trinajstić information content (AvgIpc) is 2.90. The van der Waals surface area contributed by atoms with Gasteiger partial charge in [0.05, 0.1) is 19.1 Å². The van der Waals surface area contributed by atoms with Gasteiger partial charge in [-0.1, -0.05) is 53.1 Å². The van der Waals surface area contributed by atoms with Gasteiger partial charge >= 0.3 is 51.4 Å². The van der Waals surface area contributed by atoms with Gasteiger partial charge in [-0.05, 0) is 12.5 Å². The summed E-state index contributed by atoms with van der Waals surface area (Å²) >= 11 is 5.50. The molecular weight excluding hydrogens is 543 g/mol. The van der Waals surface area contributed by atoms with E-state index in [1.807, 2.05) is 50.8 Å². The summed E-state index contributed by atoms with van der Waals surface area (Å²) in [6, 6.07) is 21.3. The normalized spacial score (nSPS) is 10.4. The number of aliphatic hydroxyl groups is 1. The molecule has 0 aromatic heterocycles. The van der Waals surface area contributed by atoms with Crippen LogP contribution in [0.15, 0.2) is 66.7 Å². The second kappa shape index (κ2) is 20.8. The van der Waals surface area contributed by atoms with Gasteiger partial charge in [0.25, 0.3) is 0 Å². The van der Waals surface area contributed by atoms with E-state index in [4.69, 9.17) is 25.9 Å². The molecule has 0 spiro atoms. The van der Waals surface area contributed by atoms with Crippen LogP contribution in [0.4, 0.5) is 14.5 Å². The topological polar surface area (TPSA) is 92.7 Å². The number of aliphatic hydroxyl groups excluding tert-OH is 1. The molecule has 0 aliphatic rings. The number of nitrogens with one attached hydrogen (secondary N) is 1. The van der Waals surface area contributed by atoms with Gasteiger partial charge in [0.15, 0.2) is 0 Å². The summed E-state index contributed by atoms with van der Waals surface area (Å²) in [5, 5.41) is 12.4. The predicted octanol–water partition coefficient (Wildman–Crippen LogP) is 2.87. The molecule has 0 heterocycles. The first-order valence-electron chi connectivity index (χ1n) is 10.8. The summed E-state index contributed by atoms with van der Waals surface area (Å²) in [6.45, 7) is 10.9. The summed E-state index contributed by atoms with van der Waals surface area (Å²) in [5.41, 5.74) is 1.92. The van der Waals surface area contributed by atoms with Gasteiger partial charge in [-0.25, -0.2) is 8.78 Å². The third kappa shape index (κ3) is 13.1. The molecule has 38 heavy (non-hydrogen) atoms. The van der Waals surface area contributed by atoms with Crippen LogP contribution in [-0.2, 0) is 20.3 Å². The first-order valence-corrected chi connectivity index (χ1v) is 11.2. The molecule has 1 unspecified atom stereocenters. The van der Waals surface area contributed by atoms with Crippen LogP contribution >= 0.6 is 11.6 Å². The monoisotopic (exact) mass is 572 g/mol. The second-order valence-corrected chi connectivity index (χ2v) is 7.58. The maximum Gasteiger partial charge on any atom is 1.00 e. The fraction of sp³-hybridized carbons (Fsp3) is 0.214. The van der Waals surface area contributed by atoms with E-state index < -0.39 is 11.8 Å². The summed E-state index contributed by atoms with van der Waals surface area (Å²) in [5.74, 6) is -3.12. The molecule has 0 aliphatic carbocycles. The van der Waals surface area contributed by atoms with E-state index in [1.165, 1.54) is 12.1 Å². The largest absolute Gasteiger partial charge is 1.00 e. The van der Waals surface area contributed by atoms with Gasteiger partial charge in [-0.3, -0.25) is 4.79 Å². The molecule has 2 N–H and O–H groups in total. The molecule has 0 saturated carbocycles. The number of hydrogen-bond acceptors (Lipinski definition) is 5. The van der Waals surface area contributed by atoms with E-state index in [0.29, 0.717) is 18.0 Å². The standard InChI is InChI=1S/C18H20NO3.C8H6ClF2.2CH2O.K/c1-3-22-17-11-15(10-9-13(17)2)19-18(21)16(12-20)14-7-5-4-6-8-14;1-8(10,11)6-4-2-3-5-7(6)9;2*1-2;/h4-11,16,20H,2-3,12H2,1H3,(H,19,21);2-3,5H,1H3;2*1H2;/q2*-1;;;+1. The van der Waals surface area contributed by atoms with Crippen molar-refractivity contribution in [3.05, 3.63) is 101 Å². The number of benzene rings is 3. The third-order valence-electron chi connectivity index (χ3n) is 4.58. The molecule has 0 bridgehead atoms. The average molecular weight is 573 g/mol. The van der Waals surface area contributed by atoms with E-state index in [9.17, 15) is 18.7 Å². The molecule has 1 atom stereocenters. The van der Waals surface area contributed by atoms with Gasteiger partial charge in [-0.2, -0.15) is 54.4 Å². The van der Waals surface area contributed by atoms with Crippen LogP contribution in [0.3, 0.4) is 0 Å². The predicted molar refractivity (Wildman–Crippen MR) is 141 cm³/mol. The number of amides is 1. The summed E-state index contributed by atoms with van der Waals surface area (Å²) in [4.78, 5) is 28.4. The minimum absolute atomic E-state index is 0. The van der Waals surface area contributed by atoms with Crippen LogP contribution in [0.5, 0.6) is 5.75 Å². The number of carbonyl (C=O) groups is 3. The number of hydrogen-bond donors (Lipinski definition) is 2. The van der Waals surface area contributed by atoms with Gasteiger partial charge in [0.2, 0.25) is 11.8 Å². The Hall–Kier alpha value is -2.11. The van der Waals surface area contributed by atoms with Gasteiger partial charge in [0, 0.05) is 18.4 Å². The Balaban J connectivity index is 0. The fourth-order valence-corrected chi connectivity index (χ4v) is 3.22. The van der Waals surface area contributed by atoms with Gasteiger partial charge < -0.3 is 24.7 Å². The number of alkyl halides is 2. The van der Waals surface area contributed by atoms with Crippen molar-refractivity contribution in [2.45, 2.75) is 25.7 Å². The third-order valence-corrected chi connectivity index (χ3v) is 4.89. The number of anilines is 1. The van der Waals surface area contributed by atoms with Crippen LogP contribution in [0, 0.1) is 13.0 Å². The SMILES string of the molecule is C=O.C=O.CC(F)(F)c1[c-]cccc1Cl.[CH2-]c1ccc(NC(=O)C(CO)c2ccccc2)cc1OCC.[K+]. The minimum atomic E-state index is -2.90. The molecule has 0 fully saturated rings. The van der Waals surface area contributed by atoms with Gasteiger partial charge in [-0.15, -0.1) is 0 Å². The quantitative estimate of drug-likeness (QED) is 0.336. The number of ether oxygens (including phenoxy) is 1. The van der Waals surface area contributed by atoms with Crippen LogP contribution in [0.2, 0.25) is 5.02 Å². The van der Waals surface area contributed by atoms with Crippen molar-refractivity contribution in [2.75, 3.05) is 18.5 Å². The maximum absolute atomic E-state index is 12.6. The van der Waals surface area contributed by atoms with Crippen molar-refractivity contribution in [1.29, 1.82) is 0 Å². The molecular formula is C28H30ClF2KNO5-. The van der Waals surface area contributed by atoms with E-state index in [0.717, 1.165) is 18.1 Å². The summed E-state index contributed by atoms with van der Waals surface area (Å²) < 4.78 is 30.7. The van der Waals surface area contributed by atoms with Crippen LogP contribution < -0.4 is 61.4 Å². The Bertz CT molecular complexity index is 1080. The molecule has 3 aromatic rings. The molecule has 3 rings (SSSR count). The zero-order chi connectivity index (χ0) is 28.4. The summed E-state index contributed by atoms with van der Waals surface area (Å²) in [7, 11) is 0. The van der Waals surface area contributed by atoms with Crippen LogP contribution in [0.1, 0.15) is 36.5 Å². The molecule has 3 aromatic carbocycles. The molecule has 10 heteroatoms.